The summed E-state index contributed by atoms with van der Waals surface area (Å²) in [5.41, 5.74) is 0.515. The van der Waals surface area contributed by atoms with Crippen LogP contribution in [0.1, 0.15) is 36.2 Å². The predicted octanol–water partition coefficient (Wildman–Crippen LogP) is 2.06. The third kappa shape index (κ3) is 2.22. The monoisotopic (exact) mass is 236 g/mol. The van der Waals surface area contributed by atoms with Crippen molar-refractivity contribution in [3.8, 4) is 0 Å². The highest BCUT2D eigenvalue weighted by Gasteiger charge is 2.36. The van der Waals surface area contributed by atoms with Gasteiger partial charge in [0.15, 0.2) is 0 Å². The number of rotatable bonds is 4. The van der Waals surface area contributed by atoms with Crippen molar-refractivity contribution in [2.45, 2.75) is 37.8 Å². The van der Waals surface area contributed by atoms with Crippen LogP contribution in [0.2, 0.25) is 0 Å². The van der Waals surface area contributed by atoms with Crippen LogP contribution in [0.15, 0.2) is 18.3 Å². The molecular formula is C13H20N2O2. The molecule has 0 atom stereocenters. The van der Waals surface area contributed by atoms with Crippen LogP contribution in [0, 0.1) is 0 Å². The molecule has 0 saturated heterocycles. The standard InChI is InChI=1S/C13H20N2O2/c1-14(2)13(7-3-4-8-13)10-15-9-5-6-11(15)12(16)17/h5-6,9H,3-4,7-8,10H2,1-2H3,(H,16,17). The van der Waals surface area contributed by atoms with Crippen LogP contribution in [-0.4, -0.2) is 40.2 Å². The lowest BCUT2D eigenvalue weighted by Gasteiger charge is -2.37. The van der Waals surface area contributed by atoms with E-state index in [2.05, 4.69) is 19.0 Å². The Balaban J connectivity index is 2.23. The van der Waals surface area contributed by atoms with Crippen LogP contribution >= 0.6 is 0 Å². The van der Waals surface area contributed by atoms with Crippen molar-refractivity contribution in [2.75, 3.05) is 14.1 Å². The van der Waals surface area contributed by atoms with Crippen molar-refractivity contribution >= 4 is 5.97 Å². The van der Waals surface area contributed by atoms with Crippen molar-refractivity contribution in [2.24, 2.45) is 0 Å². The van der Waals surface area contributed by atoms with Gasteiger partial charge >= 0.3 is 5.97 Å². The van der Waals surface area contributed by atoms with Gasteiger partial charge in [-0.2, -0.15) is 0 Å². The van der Waals surface area contributed by atoms with E-state index < -0.39 is 5.97 Å². The molecule has 0 aromatic carbocycles. The van der Waals surface area contributed by atoms with E-state index in [1.54, 1.807) is 6.07 Å². The van der Waals surface area contributed by atoms with Crippen LogP contribution in [0.25, 0.3) is 0 Å². The Morgan fingerprint density at radius 3 is 2.65 bits per heavy atom. The Morgan fingerprint density at radius 1 is 1.47 bits per heavy atom. The van der Waals surface area contributed by atoms with Gasteiger partial charge in [-0.15, -0.1) is 0 Å². The minimum absolute atomic E-state index is 0.128. The topological polar surface area (TPSA) is 45.5 Å². The number of aromatic nitrogens is 1. The van der Waals surface area contributed by atoms with E-state index in [0.717, 1.165) is 19.4 Å². The summed E-state index contributed by atoms with van der Waals surface area (Å²) in [5.74, 6) is -0.845. The van der Waals surface area contributed by atoms with Crippen LogP contribution in [0.5, 0.6) is 0 Å². The molecule has 1 aromatic heterocycles. The van der Waals surface area contributed by atoms with Gasteiger partial charge in [0.25, 0.3) is 0 Å². The van der Waals surface area contributed by atoms with Crippen molar-refractivity contribution in [1.29, 1.82) is 0 Å². The minimum Gasteiger partial charge on any atom is -0.477 e. The molecule has 1 aromatic rings. The van der Waals surface area contributed by atoms with Crippen molar-refractivity contribution in [3.05, 3.63) is 24.0 Å². The molecule has 1 aliphatic carbocycles. The highest BCUT2D eigenvalue weighted by molar-refractivity contribution is 5.85. The Bertz CT molecular complexity index is 403. The van der Waals surface area contributed by atoms with E-state index in [1.165, 1.54) is 12.8 Å². The molecule has 94 valence electrons. The molecule has 1 N–H and O–H groups in total. The molecule has 2 rings (SSSR count). The maximum Gasteiger partial charge on any atom is 0.352 e. The van der Waals surface area contributed by atoms with Gasteiger partial charge in [-0.3, -0.25) is 0 Å². The first-order chi connectivity index (χ1) is 8.05. The molecule has 1 saturated carbocycles. The summed E-state index contributed by atoms with van der Waals surface area (Å²) in [6.45, 7) is 0.772. The molecule has 0 spiro atoms. The van der Waals surface area contributed by atoms with E-state index in [4.69, 9.17) is 5.11 Å². The predicted molar refractivity (Wildman–Crippen MR) is 66.3 cm³/mol. The second-order valence-corrected chi connectivity index (χ2v) is 5.15. The van der Waals surface area contributed by atoms with E-state index in [1.807, 2.05) is 16.8 Å². The molecule has 0 aliphatic heterocycles. The van der Waals surface area contributed by atoms with Crippen LogP contribution in [0.4, 0.5) is 0 Å². The molecule has 0 amide bonds. The van der Waals surface area contributed by atoms with Gasteiger partial charge in [-0.25, -0.2) is 4.79 Å². The van der Waals surface area contributed by atoms with Gasteiger partial charge < -0.3 is 14.6 Å². The zero-order chi connectivity index (χ0) is 12.5. The molecule has 4 heteroatoms. The third-order valence-corrected chi connectivity index (χ3v) is 4.00. The molecule has 0 bridgehead atoms. The van der Waals surface area contributed by atoms with Gasteiger partial charge in [-0.1, -0.05) is 12.8 Å². The summed E-state index contributed by atoms with van der Waals surface area (Å²) < 4.78 is 1.87. The molecule has 1 heterocycles. The Labute approximate surface area is 102 Å². The highest BCUT2D eigenvalue weighted by atomic mass is 16.4. The fourth-order valence-electron chi connectivity index (χ4n) is 2.84. The number of nitrogens with zero attached hydrogens (tertiary/aromatic N) is 2. The van der Waals surface area contributed by atoms with Crippen LogP contribution in [-0.2, 0) is 6.54 Å². The first kappa shape index (κ1) is 12.2. The smallest absolute Gasteiger partial charge is 0.352 e. The number of carboxylic acid groups (broad SMARTS) is 1. The Kier molecular flexibility index (Phi) is 3.24. The van der Waals surface area contributed by atoms with Gasteiger partial charge in [0, 0.05) is 18.3 Å². The molecule has 4 nitrogen and oxygen atoms in total. The lowest BCUT2D eigenvalue weighted by molar-refractivity contribution is 0.0675. The summed E-state index contributed by atoms with van der Waals surface area (Å²) in [4.78, 5) is 13.4. The quantitative estimate of drug-likeness (QED) is 0.870. The molecule has 0 unspecified atom stereocenters. The average molecular weight is 236 g/mol. The van der Waals surface area contributed by atoms with E-state index in [-0.39, 0.29) is 5.54 Å². The van der Waals surface area contributed by atoms with Gasteiger partial charge in [-0.05, 0) is 39.1 Å². The molecule has 1 fully saturated rings. The largest absolute Gasteiger partial charge is 0.477 e. The maximum absolute atomic E-state index is 11.1. The number of carbonyl (C=O) groups is 1. The highest BCUT2D eigenvalue weighted by Crippen LogP contribution is 2.35. The Morgan fingerprint density at radius 2 is 2.12 bits per heavy atom. The lowest BCUT2D eigenvalue weighted by atomic mass is 9.96. The summed E-state index contributed by atoms with van der Waals surface area (Å²) >= 11 is 0. The SMILES string of the molecule is CN(C)C1(Cn2cccc2C(=O)O)CCCC1. The molecule has 1 aliphatic rings. The summed E-state index contributed by atoms with van der Waals surface area (Å²) in [6.07, 6.45) is 6.64. The third-order valence-electron chi connectivity index (χ3n) is 4.00. The summed E-state index contributed by atoms with van der Waals surface area (Å²) in [6, 6.07) is 3.47. The second-order valence-electron chi connectivity index (χ2n) is 5.15. The molecular weight excluding hydrogens is 216 g/mol. The minimum atomic E-state index is -0.845. The first-order valence-corrected chi connectivity index (χ1v) is 6.11. The summed E-state index contributed by atoms with van der Waals surface area (Å²) in [7, 11) is 4.19. The number of aromatic carboxylic acids is 1. The Hall–Kier alpha value is -1.29. The van der Waals surface area contributed by atoms with E-state index >= 15 is 0 Å². The molecule has 0 radical (unpaired) electrons. The summed E-state index contributed by atoms with van der Waals surface area (Å²) in [5, 5.41) is 9.12. The van der Waals surface area contributed by atoms with Crippen LogP contribution < -0.4 is 0 Å². The van der Waals surface area contributed by atoms with E-state index in [0.29, 0.717) is 5.69 Å². The van der Waals surface area contributed by atoms with Gasteiger partial charge in [0.05, 0.1) is 0 Å². The first-order valence-electron chi connectivity index (χ1n) is 6.11. The number of hydrogen-bond donors (Lipinski definition) is 1. The lowest BCUT2D eigenvalue weighted by Crippen LogP contribution is -2.45. The zero-order valence-electron chi connectivity index (χ0n) is 10.5. The number of carboxylic acids is 1. The van der Waals surface area contributed by atoms with Gasteiger partial charge in [0.2, 0.25) is 0 Å². The number of likely N-dealkylation sites (N-methyl/N-ethyl adjacent to an activating group) is 1. The van der Waals surface area contributed by atoms with Crippen molar-refractivity contribution in [3.63, 3.8) is 0 Å². The van der Waals surface area contributed by atoms with Crippen molar-refractivity contribution < 1.29 is 9.90 Å². The number of hydrogen-bond acceptors (Lipinski definition) is 2. The maximum atomic E-state index is 11.1. The fraction of sp³-hybridized carbons (Fsp3) is 0.615. The van der Waals surface area contributed by atoms with E-state index in [9.17, 15) is 4.79 Å². The zero-order valence-corrected chi connectivity index (χ0v) is 10.5. The normalized spacial score (nSPS) is 18.8. The second kappa shape index (κ2) is 4.53. The molecule has 17 heavy (non-hydrogen) atoms. The van der Waals surface area contributed by atoms with Crippen molar-refractivity contribution in [1.82, 2.24) is 9.47 Å². The average Bonchev–Trinajstić information content (AvgIpc) is 2.87. The van der Waals surface area contributed by atoms with Crippen LogP contribution in [0.3, 0.4) is 0 Å². The van der Waals surface area contributed by atoms with Gasteiger partial charge in [0.1, 0.15) is 5.69 Å². The fourth-order valence-corrected chi connectivity index (χ4v) is 2.84.